The van der Waals surface area contributed by atoms with Crippen LogP contribution in [-0.2, 0) is 9.59 Å². The van der Waals surface area contributed by atoms with Gasteiger partial charge >= 0.3 is 0 Å². The Morgan fingerprint density at radius 2 is 1.74 bits per heavy atom. The second kappa shape index (κ2) is 7.70. The van der Waals surface area contributed by atoms with E-state index in [1.165, 1.54) is 0 Å². The first-order valence-corrected chi connectivity index (χ1v) is 6.93. The lowest BCUT2D eigenvalue weighted by Crippen LogP contribution is -2.44. The molecular formula is C13H24ClN3O2. The van der Waals surface area contributed by atoms with E-state index in [4.69, 9.17) is 0 Å². The average Bonchev–Trinajstić information content (AvgIpc) is 2.64. The molecular weight excluding hydrogens is 266 g/mol. The van der Waals surface area contributed by atoms with Crippen LogP contribution in [0.2, 0.25) is 0 Å². The molecule has 1 atom stereocenters. The van der Waals surface area contributed by atoms with Crippen LogP contribution in [0.5, 0.6) is 0 Å². The monoisotopic (exact) mass is 289 g/mol. The number of nitrogens with zero attached hydrogens (tertiary/aromatic N) is 2. The summed E-state index contributed by atoms with van der Waals surface area (Å²) < 4.78 is 0. The number of nitrogens with one attached hydrogen (secondary N) is 1. The van der Waals surface area contributed by atoms with Crippen LogP contribution < -0.4 is 5.32 Å². The second-order valence-corrected chi connectivity index (χ2v) is 5.23. The fourth-order valence-corrected chi connectivity index (χ4v) is 2.77. The minimum Gasteiger partial charge on any atom is -0.341 e. The molecule has 1 N–H and O–H groups in total. The van der Waals surface area contributed by atoms with Crippen molar-refractivity contribution in [2.45, 2.75) is 26.2 Å². The van der Waals surface area contributed by atoms with E-state index in [-0.39, 0.29) is 30.1 Å². The standard InChI is InChI=1S/C13H23N3O2.ClH/c1-11(17)15-6-3-7-16(9-8-15)13(18)12-4-2-5-14-10-12;/h12,14H,2-10H2,1H3;1H. The van der Waals surface area contributed by atoms with Crippen molar-refractivity contribution in [2.24, 2.45) is 5.92 Å². The highest BCUT2D eigenvalue weighted by atomic mass is 35.5. The maximum atomic E-state index is 12.4. The van der Waals surface area contributed by atoms with E-state index in [2.05, 4.69) is 5.32 Å². The predicted molar refractivity (Wildman–Crippen MR) is 76.3 cm³/mol. The zero-order valence-corrected chi connectivity index (χ0v) is 12.4. The quantitative estimate of drug-likeness (QED) is 0.764. The van der Waals surface area contributed by atoms with Gasteiger partial charge in [0.1, 0.15) is 0 Å². The number of amides is 2. The Balaban J connectivity index is 0.00000180. The van der Waals surface area contributed by atoms with Crippen molar-refractivity contribution in [1.82, 2.24) is 15.1 Å². The summed E-state index contributed by atoms with van der Waals surface area (Å²) in [4.78, 5) is 27.5. The Morgan fingerprint density at radius 1 is 1.05 bits per heavy atom. The second-order valence-electron chi connectivity index (χ2n) is 5.23. The molecule has 2 saturated heterocycles. The molecule has 0 radical (unpaired) electrons. The van der Waals surface area contributed by atoms with Gasteiger partial charge in [-0.25, -0.2) is 0 Å². The number of hydrogen-bond donors (Lipinski definition) is 1. The van der Waals surface area contributed by atoms with E-state index in [0.717, 1.165) is 45.4 Å². The minimum atomic E-state index is 0. The Morgan fingerprint density at radius 3 is 2.37 bits per heavy atom. The number of piperidine rings is 1. The molecule has 0 aromatic carbocycles. The molecule has 0 saturated carbocycles. The normalized spacial score (nSPS) is 24.4. The van der Waals surface area contributed by atoms with E-state index in [0.29, 0.717) is 13.1 Å². The number of halogens is 1. The molecule has 2 rings (SSSR count). The van der Waals surface area contributed by atoms with Gasteiger partial charge in [0.05, 0.1) is 5.92 Å². The number of rotatable bonds is 1. The lowest BCUT2D eigenvalue weighted by atomic mass is 9.98. The van der Waals surface area contributed by atoms with Crippen molar-refractivity contribution >= 4 is 24.2 Å². The maximum absolute atomic E-state index is 12.4. The van der Waals surface area contributed by atoms with Gasteiger partial charge in [0.2, 0.25) is 11.8 Å². The van der Waals surface area contributed by atoms with Crippen molar-refractivity contribution in [3.05, 3.63) is 0 Å². The smallest absolute Gasteiger partial charge is 0.227 e. The molecule has 2 aliphatic heterocycles. The molecule has 2 heterocycles. The fraction of sp³-hybridized carbons (Fsp3) is 0.846. The molecule has 2 fully saturated rings. The topological polar surface area (TPSA) is 52.7 Å². The van der Waals surface area contributed by atoms with Gasteiger partial charge in [-0.3, -0.25) is 9.59 Å². The molecule has 0 bridgehead atoms. The summed E-state index contributed by atoms with van der Waals surface area (Å²) >= 11 is 0. The third-order valence-corrected chi connectivity index (χ3v) is 3.90. The van der Waals surface area contributed by atoms with Gasteiger partial charge in [0.15, 0.2) is 0 Å². The minimum absolute atomic E-state index is 0. The van der Waals surface area contributed by atoms with Crippen molar-refractivity contribution < 1.29 is 9.59 Å². The van der Waals surface area contributed by atoms with Gasteiger partial charge in [-0.15, -0.1) is 12.4 Å². The highest BCUT2D eigenvalue weighted by molar-refractivity contribution is 5.85. The van der Waals surface area contributed by atoms with Crippen LogP contribution in [0.15, 0.2) is 0 Å². The van der Waals surface area contributed by atoms with Gasteiger partial charge in [-0.2, -0.15) is 0 Å². The van der Waals surface area contributed by atoms with Gasteiger partial charge in [0, 0.05) is 39.6 Å². The fourth-order valence-electron chi connectivity index (χ4n) is 2.77. The van der Waals surface area contributed by atoms with Gasteiger partial charge in [-0.1, -0.05) is 0 Å². The molecule has 19 heavy (non-hydrogen) atoms. The van der Waals surface area contributed by atoms with Crippen LogP contribution in [0, 0.1) is 5.92 Å². The summed E-state index contributed by atoms with van der Waals surface area (Å²) in [7, 11) is 0. The molecule has 0 aliphatic carbocycles. The highest BCUT2D eigenvalue weighted by Gasteiger charge is 2.27. The van der Waals surface area contributed by atoms with E-state index in [9.17, 15) is 9.59 Å². The van der Waals surface area contributed by atoms with Crippen LogP contribution in [0.1, 0.15) is 26.2 Å². The van der Waals surface area contributed by atoms with E-state index < -0.39 is 0 Å². The van der Waals surface area contributed by atoms with Crippen molar-refractivity contribution in [1.29, 1.82) is 0 Å². The third kappa shape index (κ3) is 4.35. The Kier molecular flexibility index (Phi) is 6.58. The zero-order chi connectivity index (χ0) is 13.0. The first kappa shape index (κ1) is 16.2. The van der Waals surface area contributed by atoms with Crippen molar-refractivity contribution in [2.75, 3.05) is 39.3 Å². The first-order chi connectivity index (χ1) is 8.68. The lowest BCUT2D eigenvalue weighted by molar-refractivity contribution is -0.136. The zero-order valence-electron chi connectivity index (χ0n) is 11.6. The Bertz CT molecular complexity index is 319. The summed E-state index contributed by atoms with van der Waals surface area (Å²) in [6.45, 7) is 6.38. The number of hydrogen-bond acceptors (Lipinski definition) is 3. The van der Waals surface area contributed by atoms with Crippen LogP contribution in [0.3, 0.4) is 0 Å². The SMILES string of the molecule is CC(=O)N1CCCN(C(=O)C2CCCNC2)CC1.Cl. The molecule has 2 aliphatic rings. The van der Waals surface area contributed by atoms with Crippen LogP contribution in [-0.4, -0.2) is 60.9 Å². The van der Waals surface area contributed by atoms with Gasteiger partial charge < -0.3 is 15.1 Å². The summed E-state index contributed by atoms with van der Waals surface area (Å²) in [6.07, 6.45) is 2.98. The van der Waals surface area contributed by atoms with Crippen molar-refractivity contribution in [3.63, 3.8) is 0 Å². The van der Waals surface area contributed by atoms with Crippen LogP contribution >= 0.6 is 12.4 Å². The first-order valence-electron chi connectivity index (χ1n) is 6.93. The molecule has 110 valence electrons. The van der Waals surface area contributed by atoms with E-state index >= 15 is 0 Å². The summed E-state index contributed by atoms with van der Waals surface area (Å²) in [5.74, 6) is 0.527. The van der Waals surface area contributed by atoms with Gasteiger partial charge in [0.25, 0.3) is 0 Å². The van der Waals surface area contributed by atoms with E-state index in [1.807, 2.05) is 9.80 Å². The van der Waals surface area contributed by atoms with E-state index in [1.54, 1.807) is 6.92 Å². The lowest BCUT2D eigenvalue weighted by Gasteiger charge is -2.28. The predicted octanol–water partition coefficient (Wildman–Crippen LogP) is 0.489. The van der Waals surface area contributed by atoms with Crippen molar-refractivity contribution in [3.8, 4) is 0 Å². The Hall–Kier alpha value is -0.810. The summed E-state index contributed by atoms with van der Waals surface area (Å²) in [5, 5.41) is 3.29. The molecule has 5 nitrogen and oxygen atoms in total. The molecule has 6 heteroatoms. The van der Waals surface area contributed by atoms with Gasteiger partial charge in [-0.05, 0) is 25.8 Å². The summed E-state index contributed by atoms with van der Waals surface area (Å²) in [6, 6.07) is 0. The molecule has 0 aromatic rings. The molecule has 1 unspecified atom stereocenters. The average molecular weight is 290 g/mol. The molecule has 2 amide bonds. The summed E-state index contributed by atoms with van der Waals surface area (Å²) in [5.41, 5.74) is 0. The molecule has 0 spiro atoms. The molecule has 0 aromatic heterocycles. The largest absolute Gasteiger partial charge is 0.341 e. The third-order valence-electron chi connectivity index (χ3n) is 3.90. The van der Waals surface area contributed by atoms with Crippen LogP contribution in [0.25, 0.3) is 0 Å². The highest BCUT2D eigenvalue weighted by Crippen LogP contribution is 2.15. The van der Waals surface area contributed by atoms with Crippen LogP contribution in [0.4, 0.5) is 0 Å². The number of carbonyl (C=O) groups excluding carboxylic acids is 2. The Labute approximate surface area is 121 Å². The maximum Gasteiger partial charge on any atom is 0.227 e. The number of carbonyl (C=O) groups is 2.